The Bertz CT molecular complexity index is 709. The van der Waals surface area contributed by atoms with Gasteiger partial charge >= 0.3 is 0 Å². The molecular weight excluding hydrogens is 255 g/mol. The van der Waals surface area contributed by atoms with Crippen molar-refractivity contribution in [1.29, 1.82) is 0 Å². The number of halogens is 1. The van der Waals surface area contributed by atoms with Gasteiger partial charge in [0.1, 0.15) is 11.6 Å². The largest absolute Gasteiger partial charge is 0.318 e. The van der Waals surface area contributed by atoms with Crippen LogP contribution in [0.5, 0.6) is 0 Å². The average Bonchev–Trinajstić information content (AvgIpc) is 2.97. The van der Waals surface area contributed by atoms with Crippen molar-refractivity contribution in [2.24, 2.45) is 5.73 Å². The molecule has 0 spiro atoms. The molecule has 0 saturated carbocycles. The number of H-pyrrole nitrogens is 1. The Morgan fingerprint density at radius 2 is 1.70 bits per heavy atom. The Morgan fingerprint density at radius 1 is 1.00 bits per heavy atom. The Kier molecular flexibility index (Phi) is 3.26. The molecule has 0 saturated heterocycles. The highest BCUT2D eigenvalue weighted by atomic mass is 19.1. The fourth-order valence-electron chi connectivity index (χ4n) is 1.99. The minimum Gasteiger partial charge on any atom is -0.318 e. The molecule has 1 heterocycles. The van der Waals surface area contributed by atoms with E-state index in [0.29, 0.717) is 17.2 Å². The molecule has 0 aliphatic carbocycles. The summed E-state index contributed by atoms with van der Waals surface area (Å²) in [6.07, 6.45) is 0. The van der Waals surface area contributed by atoms with Crippen LogP contribution in [0.1, 0.15) is 17.4 Å². The van der Waals surface area contributed by atoms with Crippen molar-refractivity contribution >= 4 is 0 Å². The van der Waals surface area contributed by atoms with Crippen LogP contribution in [-0.4, -0.2) is 15.2 Å². The molecule has 0 amide bonds. The third-order valence-electron chi connectivity index (χ3n) is 3.07. The Balaban J connectivity index is 1.93. The van der Waals surface area contributed by atoms with Crippen LogP contribution in [0.25, 0.3) is 11.4 Å². The number of nitrogens with two attached hydrogens (primary N) is 1. The lowest BCUT2D eigenvalue weighted by molar-refractivity contribution is 0.630. The molecular formula is C15H13FN4. The van der Waals surface area contributed by atoms with Crippen LogP contribution < -0.4 is 5.73 Å². The van der Waals surface area contributed by atoms with Crippen molar-refractivity contribution < 1.29 is 4.39 Å². The second kappa shape index (κ2) is 5.22. The van der Waals surface area contributed by atoms with Gasteiger partial charge in [0.2, 0.25) is 0 Å². The van der Waals surface area contributed by atoms with Crippen molar-refractivity contribution in [2.45, 2.75) is 6.04 Å². The summed E-state index contributed by atoms with van der Waals surface area (Å²) in [5, 5.41) is 6.81. The predicted molar refractivity (Wildman–Crippen MR) is 74.2 cm³/mol. The highest BCUT2D eigenvalue weighted by molar-refractivity contribution is 5.55. The molecule has 4 nitrogen and oxygen atoms in total. The molecule has 2 aromatic carbocycles. The van der Waals surface area contributed by atoms with Gasteiger partial charge in [-0.25, -0.2) is 9.37 Å². The molecule has 1 atom stereocenters. The van der Waals surface area contributed by atoms with Crippen molar-refractivity contribution in [3.63, 3.8) is 0 Å². The van der Waals surface area contributed by atoms with E-state index < -0.39 is 6.04 Å². The second-order valence-corrected chi connectivity index (χ2v) is 4.41. The Hall–Kier alpha value is -2.53. The van der Waals surface area contributed by atoms with E-state index in [4.69, 9.17) is 5.73 Å². The van der Waals surface area contributed by atoms with Gasteiger partial charge in [0, 0.05) is 0 Å². The number of hydrogen-bond acceptors (Lipinski definition) is 3. The Morgan fingerprint density at radius 3 is 2.45 bits per heavy atom. The normalized spacial score (nSPS) is 12.3. The van der Waals surface area contributed by atoms with Gasteiger partial charge < -0.3 is 5.73 Å². The van der Waals surface area contributed by atoms with E-state index >= 15 is 0 Å². The van der Waals surface area contributed by atoms with Crippen LogP contribution in [-0.2, 0) is 0 Å². The molecule has 1 aromatic heterocycles. The summed E-state index contributed by atoms with van der Waals surface area (Å²) in [4.78, 5) is 4.29. The standard InChI is InChI=1S/C15H13FN4/c16-12-9-5-4-8-11(12)14-18-15(20-19-14)13(17)10-6-2-1-3-7-10/h1-9,13H,17H2,(H,18,19,20). The number of aromatic nitrogens is 3. The molecule has 1 unspecified atom stereocenters. The quantitative estimate of drug-likeness (QED) is 0.767. The molecule has 20 heavy (non-hydrogen) atoms. The summed E-state index contributed by atoms with van der Waals surface area (Å²) in [5.41, 5.74) is 7.40. The fourth-order valence-corrected chi connectivity index (χ4v) is 1.99. The molecule has 3 aromatic rings. The van der Waals surface area contributed by atoms with E-state index in [1.165, 1.54) is 6.07 Å². The third-order valence-corrected chi connectivity index (χ3v) is 3.07. The first-order valence-electron chi connectivity index (χ1n) is 6.23. The lowest BCUT2D eigenvalue weighted by Gasteiger charge is -2.07. The molecule has 3 N–H and O–H groups in total. The van der Waals surface area contributed by atoms with Gasteiger partial charge in [-0.1, -0.05) is 42.5 Å². The van der Waals surface area contributed by atoms with E-state index in [9.17, 15) is 4.39 Å². The first-order valence-corrected chi connectivity index (χ1v) is 6.23. The maximum atomic E-state index is 13.7. The summed E-state index contributed by atoms with van der Waals surface area (Å²) >= 11 is 0. The summed E-state index contributed by atoms with van der Waals surface area (Å²) in [5.74, 6) is 0.463. The van der Waals surface area contributed by atoms with Crippen molar-refractivity contribution in [1.82, 2.24) is 15.2 Å². The highest BCUT2D eigenvalue weighted by Crippen LogP contribution is 2.21. The molecule has 100 valence electrons. The minimum atomic E-state index is -0.413. The van der Waals surface area contributed by atoms with Crippen LogP contribution in [0, 0.1) is 5.82 Å². The molecule has 0 radical (unpaired) electrons. The van der Waals surface area contributed by atoms with Gasteiger partial charge in [-0.3, -0.25) is 5.10 Å². The first kappa shape index (κ1) is 12.5. The summed E-state index contributed by atoms with van der Waals surface area (Å²) in [6, 6.07) is 15.5. The average molecular weight is 268 g/mol. The van der Waals surface area contributed by atoms with Gasteiger partial charge in [-0.05, 0) is 17.7 Å². The number of nitrogens with zero attached hydrogens (tertiary/aromatic N) is 2. The predicted octanol–water partition coefficient (Wildman–Crippen LogP) is 2.66. The zero-order valence-corrected chi connectivity index (χ0v) is 10.6. The van der Waals surface area contributed by atoms with E-state index in [1.54, 1.807) is 18.2 Å². The maximum Gasteiger partial charge on any atom is 0.184 e. The highest BCUT2D eigenvalue weighted by Gasteiger charge is 2.15. The SMILES string of the molecule is NC(c1ccccc1)c1nc(-c2ccccc2F)n[nH]1. The summed E-state index contributed by atoms with van der Waals surface area (Å²) < 4.78 is 13.7. The monoisotopic (exact) mass is 268 g/mol. The van der Waals surface area contributed by atoms with Crippen LogP contribution in [0.3, 0.4) is 0 Å². The fraction of sp³-hybridized carbons (Fsp3) is 0.0667. The summed E-state index contributed by atoms with van der Waals surface area (Å²) in [6.45, 7) is 0. The molecule has 0 aliphatic rings. The van der Waals surface area contributed by atoms with E-state index in [-0.39, 0.29) is 5.82 Å². The number of rotatable bonds is 3. The van der Waals surface area contributed by atoms with Gasteiger partial charge in [0.15, 0.2) is 5.82 Å². The van der Waals surface area contributed by atoms with E-state index in [1.807, 2.05) is 30.3 Å². The topological polar surface area (TPSA) is 67.6 Å². The van der Waals surface area contributed by atoms with E-state index in [0.717, 1.165) is 5.56 Å². The van der Waals surface area contributed by atoms with Crippen molar-refractivity contribution in [2.75, 3.05) is 0 Å². The zero-order chi connectivity index (χ0) is 13.9. The Labute approximate surface area is 115 Å². The first-order chi connectivity index (χ1) is 9.75. The molecule has 0 bridgehead atoms. The molecule has 5 heteroatoms. The van der Waals surface area contributed by atoms with Crippen LogP contribution in [0.15, 0.2) is 54.6 Å². The number of aromatic amines is 1. The summed E-state index contributed by atoms with van der Waals surface area (Å²) in [7, 11) is 0. The van der Waals surface area contributed by atoms with Gasteiger partial charge in [-0.15, -0.1) is 0 Å². The van der Waals surface area contributed by atoms with Crippen LogP contribution in [0.4, 0.5) is 4.39 Å². The zero-order valence-electron chi connectivity index (χ0n) is 10.6. The number of hydrogen-bond donors (Lipinski definition) is 2. The van der Waals surface area contributed by atoms with Gasteiger partial charge in [0.25, 0.3) is 0 Å². The number of nitrogens with one attached hydrogen (secondary N) is 1. The molecule has 0 aliphatic heterocycles. The van der Waals surface area contributed by atoms with Crippen LogP contribution in [0.2, 0.25) is 0 Å². The maximum absolute atomic E-state index is 13.7. The van der Waals surface area contributed by atoms with Crippen LogP contribution >= 0.6 is 0 Å². The lowest BCUT2D eigenvalue weighted by atomic mass is 10.1. The third kappa shape index (κ3) is 2.31. The van der Waals surface area contributed by atoms with E-state index in [2.05, 4.69) is 15.2 Å². The minimum absolute atomic E-state index is 0.310. The smallest absolute Gasteiger partial charge is 0.184 e. The number of benzene rings is 2. The van der Waals surface area contributed by atoms with Gasteiger partial charge in [-0.2, -0.15) is 5.10 Å². The van der Waals surface area contributed by atoms with Gasteiger partial charge in [0.05, 0.1) is 11.6 Å². The second-order valence-electron chi connectivity index (χ2n) is 4.41. The molecule has 3 rings (SSSR count). The molecule has 0 fully saturated rings. The van der Waals surface area contributed by atoms with Crippen molar-refractivity contribution in [3.05, 3.63) is 71.8 Å². The van der Waals surface area contributed by atoms with Crippen molar-refractivity contribution in [3.8, 4) is 11.4 Å². The lowest BCUT2D eigenvalue weighted by Crippen LogP contribution is -2.13.